The monoisotopic (exact) mass is 948 g/mol. The second-order valence-electron chi connectivity index (χ2n) is 15.4. The minimum absolute atomic E-state index is 0.181. The van der Waals surface area contributed by atoms with Crippen molar-refractivity contribution in [1.29, 1.82) is 0 Å². The van der Waals surface area contributed by atoms with Crippen LogP contribution in [-0.4, -0.2) is 49.9 Å². The van der Waals surface area contributed by atoms with Crippen LogP contribution in [0.15, 0.2) is 172 Å². The predicted molar refractivity (Wildman–Crippen MR) is 273 cm³/mol. The Kier molecular flexibility index (Phi) is 25.8. The lowest BCUT2D eigenvalue weighted by Crippen LogP contribution is -2.03. The molecule has 0 aromatic heterocycles. The van der Waals surface area contributed by atoms with E-state index in [4.69, 9.17) is 11.6 Å². The first-order valence-electron chi connectivity index (χ1n) is 22.3. The topological polar surface area (TPSA) is 112 Å². The first-order valence-corrected chi connectivity index (χ1v) is 25.6. The van der Waals surface area contributed by atoms with E-state index in [0.29, 0.717) is 49.7 Å². The fraction of sp³-hybridized carbons (Fsp3) is 0.291. The van der Waals surface area contributed by atoms with Gasteiger partial charge in [0.15, 0.2) is 0 Å². The van der Waals surface area contributed by atoms with E-state index in [-0.39, 0.29) is 34.6 Å². The van der Waals surface area contributed by atoms with E-state index in [2.05, 4.69) is 36.4 Å². The average Bonchev–Trinajstić information content (AvgIpc) is 3.31. The third-order valence-corrected chi connectivity index (χ3v) is 13.9. The zero-order chi connectivity index (χ0) is 46.3. The molecule has 0 aliphatic heterocycles. The number of halogens is 1. The van der Waals surface area contributed by atoms with Crippen molar-refractivity contribution in [3.05, 3.63) is 179 Å². The van der Waals surface area contributed by atoms with E-state index in [1.165, 1.54) is 9.79 Å². The number of ketones is 3. The van der Waals surface area contributed by atoms with E-state index < -0.39 is 0 Å². The summed E-state index contributed by atoms with van der Waals surface area (Å²) in [6, 6.07) is 49.5. The fourth-order valence-electron chi connectivity index (χ4n) is 6.51. The van der Waals surface area contributed by atoms with Gasteiger partial charge in [-0.25, -0.2) is 0 Å². The van der Waals surface area contributed by atoms with Gasteiger partial charge in [0.1, 0.15) is 34.6 Å². The van der Waals surface area contributed by atoms with Gasteiger partial charge in [0.25, 0.3) is 0 Å². The Morgan fingerprint density at radius 3 is 1.12 bits per heavy atom. The van der Waals surface area contributed by atoms with Crippen molar-refractivity contribution in [3.63, 3.8) is 0 Å². The Bertz CT molecular complexity index is 2290. The molecule has 342 valence electrons. The molecule has 3 N–H and O–H groups in total. The van der Waals surface area contributed by atoms with Crippen LogP contribution >= 0.6 is 46.9 Å². The Balaban J connectivity index is 0.000000214. The lowest BCUT2D eigenvalue weighted by molar-refractivity contribution is -0.119. The SMILES string of the molecule is O=C(CCCCCSc1ccccc1)Cc1ccccc1O.O=C(CCCCCSc1ccccc1Cl)Cc1ccccc1O.O=C(CCCSc1ccccc1)Cc1ccccc1O. The summed E-state index contributed by atoms with van der Waals surface area (Å²) >= 11 is 11.5. The van der Waals surface area contributed by atoms with E-state index in [1.54, 1.807) is 72.1 Å². The Morgan fingerprint density at radius 1 is 0.369 bits per heavy atom. The average molecular weight is 950 g/mol. The molecule has 0 bridgehead atoms. The highest BCUT2D eigenvalue weighted by Crippen LogP contribution is 2.28. The van der Waals surface area contributed by atoms with Crippen molar-refractivity contribution in [2.24, 2.45) is 0 Å². The number of Topliss-reactive ketones (excluding diaryl/α,β-unsaturated/α-hetero) is 3. The van der Waals surface area contributed by atoms with E-state index >= 15 is 0 Å². The molecular formula is C55H61ClO6S3. The number of para-hydroxylation sites is 3. The number of carbonyl (C=O) groups is 3. The van der Waals surface area contributed by atoms with E-state index in [1.807, 2.05) is 84.6 Å². The molecule has 6 aromatic rings. The van der Waals surface area contributed by atoms with Gasteiger partial charge in [0.05, 0.1) is 5.02 Å². The van der Waals surface area contributed by atoms with Crippen LogP contribution in [0.5, 0.6) is 17.2 Å². The van der Waals surface area contributed by atoms with Gasteiger partial charge in [-0.15, -0.1) is 35.3 Å². The number of hydrogen-bond donors (Lipinski definition) is 3. The second-order valence-corrected chi connectivity index (χ2v) is 19.2. The van der Waals surface area contributed by atoms with Gasteiger partial charge >= 0.3 is 0 Å². The van der Waals surface area contributed by atoms with Gasteiger partial charge in [0, 0.05) is 69.9 Å². The van der Waals surface area contributed by atoms with Crippen LogP contribution in [0.1, 0.15) is 80.9 Å². The number of benzene rings is 6. The molecule has 6 rings (SSSR count). The zero-order valence-electron chi connectivity index (χ0n) is 37.0. The van der Waals surface area contributed by atoms with Gasteiger partial charge in [-0.3, -0.25) is 14.4 Å². The molecule has 65 heavy (non-hydrogen) atoms. The van der Waals surface area contributed by atoms with Crippen LogP contribution in [0.2, 0.25) is 5.02 Å². The second kappa shape index (κ2) is 31.9. The van der Waals surface area contributed by atoms with E-state index in [0.717, 1.165) is 77.7 Å². The lowest BCUT2D eigenvalue weighted by atomic mass is 10.0. The molecule has 0 radical (unpaired) electrons. The molecule has 0 spiro atoms. The van der Waals surface area contributed by atoms with Crippen molar-refractivity contribution in [2.45, 2.75) is 98.2 Å². The number of carbonyl (C=O) groups excluding carboxylic acids is 3. The highest BCUT2D eigenvalue weighted by molar-refractivity contribution is 7.99. The summed E-state index contributed by atoms with van der Waals surface area (Å²) in [6.45, 7) is 0. The molecule has 0 atom stereocenters. The van der Waals surface area contributed by atoms with Gasteiger partial charge in [-0.2, -0.15) is 0 Å². The smallest absolute Gasteiger partial charge is 0.137 e. The van der Waals surface area contributed by atoms with Gasteiger partial charge in [-0.1, -0.05) is 128 Å². The molecule has 0 saturated heterocycles. The molecule has 0 unspecified atom stereocenters. The van der Waals surface area contributed by atoms with Crippen LogP contribution in [-0.2, 0) is 33.6 Å². The third-order valence-electron chi connectivity index (χ3n) is 10.1. The molecule has 0 saturated carbocycles. The van der Waals surface area contributed by atoms with Crippen LogP contribution in [0.25, 0.3) is 0 Å². The Labute approximate surface area is 403 Å². The normalized spacial score (nSPS) is 10.5. The van der Waals surface area contributed by atoms with Crippen molar-refractivity contribution >= 4 is 64.2 Å². The summed E-state index contributed by atoms with van der Waals surface area (Å²) in [4.78, 5) is 39.3. The number of phenolic OH excluding ortho intramolecular Hbond substituents is 3. The van der Waals surface area contributed by atoms with Crippen molar-refractivity contribution in [2.75, 3.05) is 17.3 Å². The fourth-order valence-corrected chi connectivity index (χ4v) is 9.57. The standard InChI is InChI=1S/C19H21ClO2S.C19H22O2S.C17H18O2S/c20-17-10-4-6-12-19(17)23-13-7-1-2-9-16(21)14-15-8-3-5-11-18(15)22;20-17(15-16-9-6-7-13-19(16)21)10-3-2-8-14-22-18-11-4-1-5-12-18;18-15(13-14-7-4-5-11-17(14)19)8-6-12-20-16-9-2-1-3-10-16/h3-6,8,10-12,22H,1-2,7,9,13-14H2;1,4-7,9,11-13,21H,2-3,8,10,14-15H2;1-5,7,9-11,19H,6,8,12-13H2. The number of aromatic hydroxyl groups is 3. The number of phenols is 3. The van der Waals surface area contributed by atoms with Crippen molar-refractivity contribution in [3.8, 4) is 17.2 Å². The molecule has 0 aliphatic rings. The van der Waals surface area contributed by atoms with Crippen LogP contribution in [0.4, 0.5) is 0 Å². The van der Waals surface area contributed by atoms with Crippen LogP contribution < -0.4 is 0 Å². The Morgan fingerprint density at radius 2 is 0.708 bits per heavy atom. The van der Waals surface area contributed by atoms with Crippen LogP contribution in [0.3, 0.4) is 0 Å². The van der Waals surface area contributed by atoms with Crippen molar-refractivity contribution in [1.82, 2.24) is 0 Å². The number of rotatable bonds is 25. The highest BCUT2D eigenvalue weighted by Gasteiger charge is 2.10. The molecule has 6 aromatic carbocycles. The van der Waals surface area contributed by atoms with Gasteiger partial charge in [0.2, 0.25) is 0 Å². The number of thioether (sulfide) groups is 3. The largest absolute Gasteiger partial charge is 0.508 e. The zero-order valence-corrected chi connectivity index (χ0v) is 40.2. The number of hydrogen-bond acceptors (Lipinski definition) is 9. The minimum Gasteiger partial charge on any atom is -0.508 e. The summed E-state index contributed by atoms with van der Waals surface area (Å²) < 4.78 is 0. The molecule has 10 heteroatoms. The summed E-state index contributed by atoms with van der Waals surface area (Å²) in [5, 5.41) is 29.7. The molecule has 0 amide bonds. The lowest BCUT2D eigenvalue weighted by Gasteiger charge is -2.05. The molecule has 0 heterocycles. The highest BCUT2D eigenvalue weighted by atomic mass is 35.5. The van der Waals surface area contributed by atoms with E-state index in [9.17, 15) is 29.7 Å². The molecule has 0 aliphatic carbocycles. The molecule has 6 nitrogen and oxygen atoms in total. The minimum atomic E-state index is 0.181. The van der Waals surface area contributed by atoms with Gasteiger partial charge in [-0.05, 0) is 104 Å². The maximum absolute atomic E-state index is 11.9. The Hall–Kier alpha value is -4.93. The summed E-state index contributed by atoms with van der Waals surface area (Å²) in [6.07, 6.45) is 9.72. The van der Waals surface area contributed by atoms with Crippen LogP contribution in [0, 0.1) is 0 Å². The summed E-state index contributed by atoms with van der Waals surface area (Å²) in [5.74, 6) is 4.25. The first kappa shape index (κ1) is 52.7. The summed E-state index contributed by atoms with van der Waals surface area (Å²) in [7, 11) is 0. The quantitative estimate of drug-likeness (QED) is 0.0381. The maximum atomic E-state index is 11.9. The molecule has 0 fully saturated rings. The van der Waals surface area contributed by atoms with Gasteiger partial charge < -0.3 is 15.3 Å². The third kappa shape index (κ3) is 22.7. The molecular weight excluding hydrogens is 888 g/mol. The number of unbranched alkanes of at least 4 members (excludes halogenated alkanes) is 4. The maximum Gasteiger partial charge on any atom is 0.137 e. The van der Waals surface area contributed by atoms with Crippen molar-refractivity contribution < 1.29 is 29.7 Å². The summed E-state index contributed by atoms with van der Waals surface area (Å²) in [5.41, 5.74) is 2.16. The first-order chi connectivity index (χ1) is 31.7. The predicted octanol–water partition coefficient (Wildman–Crippen LogP) is 14.4.